The molecule has 4 rings (SSSR count). The van der Waals surface area contributed by atoms with E-state index < -0.39 is 0 Å². The number of nitrogens with one attached hydrogen (secondary N) is 1. The second-order valence-electron chi connectivity index (χ2n) is 7.39. The molecule has 0 amide bonds. The first kappa shape index (κ1) is 18.7. The van der Waals surface area contributed by atoms with Gasteiger partial charge in [0.1, 0.15) is 11.6 Å². The average Bonchev–Trinajstić information content (AvgIpc) is 3.37. The molecule has 6 heteroatoms. The van der Waals surface area contributed by atoms with Crippen molar-refractivity contribution < 1.29 is 9.47 Å². The standard InChI is InChI=1S/C22H28N4O2/c1-16-13-17-7-5-8-18(17)22(24-16)25-21-14-19(20(27-2)15-23-21)28-12-6-11-26-9-3-4-10-26/h5,8,13-15H,3-4,6-7,9-12H2,1-2H3,(H,23,24,25). The summed E-state index contributed by atoms with van der Waals surface area (Å²) < 4.78 is 11.4. The monoisotopic (exact) mass is 380 g/mol. The van der Waals surface area contributed by atoms with Crippen molar-refractivity contribution in [3.05, 3.63) is 41.2 Å². The van der Waals surface area contributed by atoms with Gasteiger partial charge in [0.05, 0.1) is 19.9 Å². The number of nitrogens with zero attached hydrogens (tertiary/aromatic N) is 3. The van der Waals surface area contributed by atoms with Crippen LogP contribution in [0.5, 0.6) is 11.5 Å². The number of methoxy groups -OCH3 is 1. The average molecular weight is 380 g/mol. The number of likely N-dealkylation sites (tertiary alicyclic amines) is 1. The van der Waals surface area contributed by atoms with E-state index >= 15 is 0 Å². The highest BCUT2D eigenvalue weighted by Crippen LogP contribution is 2.32. The maximum atomic E-state index is 6.02. The summed E-state index contributed by atoms with van der Waals surface area (Å²) >= 11 is 0. The predicted molar refractivity (Wildman–Crippen MR) is 112 cm³/mol. The summed E-state index contributed by atoms with van der Waals surface area (Å²) in [5, 5.41) is 3.35. The summed E-state index contributed by atoms with van der Waals surface area (Å²) in [4.78, 5) is 11.6. The van der Waals surface area contributed by atoms with Crippen molar-refractivity contribution in [3.8, 4) is 11.5 Å². The Morgan fingerprint density at radius 1 is 1.18 bits per heavy atom. The Hall–Kier alpha value is -2.60. The number of aromatic nitrogens is 2. The lowest BCUT2D eigenvalue weighted by molar-refractivity contribution is 0.254. The molecule has 2 aromatic rings. The van der Waals surface area contributed by atoms with Gasteiger partial charge in [-0.25, -0.2) is 9.97 Å². The molecule has 3 heterocycles. The van der Waals surface area contributed by atoms with Crippen LogP contribution in [0.3, 0.4) is 0 Å². The SMILES string of the molecule is COc1cnc(Nc2nc(C)cc3c2C=CC3)cc1OCCCN1CCCC1. The van der Waals surface area contributed by atoms with Crippen LogP contribution in [0.1, 0.15) is 36.1 Å². The molecule has 0 atom stereocenters. The molecule has 0 bridgehead atoms. The lowest BCUT2D eigenvalue weighted by Crippen LogP contribution is -2.22. The quantitative estimate of drug-likeness (QED) is 0.699. The van der Waals surface area contributed by atoms with Gasteiger partial charge in [-0.05, 0) is 57.3 Å². The van der Waals surface area contributed by atoms with E-state index in [2.05, 4.69) is 38.4 Å². The molecule has 2 aromatic heterocycles. The zero-order valence-electron chi connectivity index (χ0n) is 16.7. The zero-order valence-corrected chi connectivity index (χ0v) is 16.7. The van der Waals surface area contributed by atoms with Crippen LogP contribution in [0.15, 0.2) is 24.4 Å². The molecule has 148 valence electrons. The number of aryl methyl sites for hydroxylation is 1. The maximum Gasteiger partial charge on any atom is 0.179 e. The van der Waals surface area contributed by atoms with Gasteiger partial charge in [0.25, 0.3) is 0 Å². The normalized spacial score (nSPS) is 15.6. The van der Waals surface area contributed by atoms with Crippen LogP contribution in [-0.2, 0) is 6.42 Å². The molecule has 1 aliphatic carbocycles. The van der Waals surface area contributed by atoms with Crippen molar-refractivity contribution >= 4 is 17.7 Å². The molecule has 1 saturated heterocycles. The largest absolute Gasteiger partial charge is 0.491 e. The molecular formula is C22H28N4O2. The number of allylic oxidation sites excluding steroid dienone is 1. The Kier molecular flexibility index (Phi) is 5.76. The number of hydrogen-bond acceptors (Lipinski definition) is 6. The zero-order chi connectivity index (χ0) is 19.3. The molecule has 0 saturated carbocycles. The van der Waals surface area contributed by atoms with Crippen LogP contribution in [0.25, 0.3) is 6.08 Å². The second kappa shape index (κ2) is 8.61. The van der Waals surface area contributed by atoms with Gasteiger partial charge in [-0.1, -0.05) is 12.2 Å². The Bertz CT molecular complexity index is 860. The third kappa shape index (κ3) is 4.28. The third-order valence-corrected chi connectivity index (χ3v) is 5.27. The number of hydrogen-bond donors (Lipinski definition) is 1. The van der Waals surface area contributed by atoms with Gasteiger partial charge in [0.15, 0.2) is 11.5 Å². The van der Waals surface area contributed by atoms with E-state index in [1.54, 1.807) is 13.3 Å². The van der Waals surface area contributed by atoms with E-state index in [9.17, 15) is 0 Å². The molecule has 2 aliphatic rings. The van der Waals surface area contributed by atoms with Crippen LogP contribution in [0, 0.1) is 6.92 Å². The van der Waals surface area contributed by atoms with E-state index in [1.165, 1.54) is 31.5 Å². The highest BCUT2D eigenvalue weighted by molar-refractivity contribution is 5.73. The topological polar surface area (TPSA) is 59.5 Å². The van der Waals surface area contributed by atoms with Crippen LogP contribution in [0.2, 0.25) is 0 Å². The fourth-order valence-electron chi connectivity index (χ4n) is 3.86. The summed E-state index contributed by atoms with van der Waals surface area (Å²) in [6.07, 6.45) is 10.6. The summed E-state index contributed by atoms with van der Waals surface area (Å²) in [6.45, 7) is 6.20. The maximum absolute atomic E-state index is 6.02. The van der Waals surface area contributed by atoms with Gasteiger partial charge < -0.3 is 19.7 Å². The first-order chi connectivity index (χ1) is 13.7. The molecule has 1 N–H and O–H groups in total. The lowest BCUT2D eigenvalue weighted by Gasteiger charge is -2.16. The molecule has 1 fully saturated rings. The lowest BCUT2D eigenvalue weighted by atomic mass is 10.1. The van der Waals surface area contributed by atoms with Gasteiger partial charge in [-0.15, -0.1) is 0 Å². The summed E-state index contributed by atoms with van der Waals surface area (Å²) in [7, 11) is 1.64. The smallest absolute Gasteiger partial charge is 0.179 e. The Morgan fingerprint density at radius 3 is 2.86 bits per heavy atom. The Balaban J connectivity index is 1.44. The number of anilines is 2. The Morgan fingerprint density at radius 2 is 2.04 bits per heavy atom. The van der Waals surface area contributed by atoms with Gasteiger partial charge in [0, 0.05) is 23.9 Å². The van der Waals surface area contributed by atoms with Crippen LogP contribution in [-0.4, -0.2) is 48.2 Å². The summed E-state index contributed by atoms with van der Waals surface area (Å²) in [5.41, 5.74) is 3.43. The molecule has 0 unspecified atom stereocenters. The molecule has 1 aliphatic heterocycles. The van der Waals surface area contributed by atoms with Crippen LogP contribution in [0.4, 0.5) is 11.6 Å². The van der Waals surface area contributed by atoms with Gasteiger partial charge in [0.2, 0.25) is 0 Å². The van der Waals surface area contributed by atoms with E-state index in [1.807, 2.05) is 13.0 Å². The highest BCUT2D eigenvalue weighted by Gasteiger charge is 2.15. The fourth-order valence-corrected chi connectivity index (χ4v) is 3.86. The highest BCUT2D eigenvalue weighted by atomic mass is 16.5. The van der Waals surface area contributed by atoms with E-state index in [-0.39, 0.29) is 0 Å². The molecule has 0 aromatic carbocycles. The molecule has 0 radical (unpaired) electrons. The predicted octanol–water partition coefficient (Wildman–Crippen LogP) is 3.97. The minimum atomic E-state index is 0.647. The minimum Gasteiger partial charge on any atom is -0.491 e. The first-order valence-electron chi connectivity index (χ1n) is 10.1. The summed E-state index contributed by atoms with van der Waals surface area (Å²) in [5.74, 6) is 2.90. The van der Waals surface area contributed by atoms with Crippen molar-refractivity contribution in [2.75, 3.05) is 38.7 Å². The Labute approximate surface area is 166 Å². The summed E-state index contributed by atoms with van der Waals surface area (Å²) in [6, 6.07) is 4.03. The fraction of sp³-hybridized carbons (Fsp3) is 0.455. The minimum absolute atomic E-state index is 0.647. The van der Waals surface area contributed by atoms with Crippen molar-refractivity contribution in [1.29, 1.82) is 0 Å². The van der Waals surface area contributed by atoms with Crippen LogP contribution >= 0.6 is 0 Å². The number of fused-ring (bicyclic) bond motifs is 1. The van der Waals surface area contributed by atoms with Crippen molar-refractivity contribution in [3.63, 3.8) is 0 Å². The first-order valence-corrected chi connectivity index (χ1v) is 10.1. The third-order valence-electron chi connectivity index (χ3n) is 5.27. The molecular weight excluding hydrogens is 352 g/mol. The van der Waals surface area contributed by atoms with E-state index in [0.29, 0.717) is 23.9 Å². The molecule has 28 heavy (non-hydrogen) atoms. The molecule has 6 nitrogen and oxygen atoms in total. The van der Waals surface area contributed by atoms with Crippen molar-refractivity contribution in [2.45, 2.75) is 32.6 Å². The molecule has 0 spiro atoms. The number of rotatable bonds is 8. The van der Waals surface area contributed by atoms with Crippen LogP contribution < -0.4 is 14.8 Å². The van der Waals surface area contributed by atoms with Gasteiger partial charge in [-0.2, -0.15) is 0 Å². The second-order valence-corrected chi connectivity index (χ2v) is 7.39. The number of ether oxygens (including phenoxy) is 2. The van der Waals surface area contributed by atoms with Crippen molar-refractivity contribution in [2.24, 2.45) is 0 Å². The van der Waals surface area contributed by atoms with E-state index in [0.717, 1.165) is 36.5 Å². The van der Waals surface area contributed by atoms with Crippen molar-refractivity contribution in [1.82, 2.24) is 14.9 Å². The number of pyridine rings is 2. The van der Waals surface area contributed by atoms with Gasteiger partial charge >= 0.3 is 0 Å². The van der Waals surface area contributed by atoms with E-state index in [4.69, 9.17) is 9.47 Å². The van der Waals surface area contributed by atoms with Gasteiger partial charge in [-0.3, -0.25) is 0 Å².